The SMILES string of the molecule is O=S(=O)(Nc1cc(C(F)(F)F)ccc1Cl)c1cn(C2CCCC2)nc1-c1cccs1. The van der Waals surface area contributed by atoms with Crippen molar-refractivity contribution in [2.45, 2.75) is 42.8 Å². The van der Waals surface area contributed by atoms with E-state index in [9.17, 15) is 21.6 Å². The fourth-order valence-corrected chi connectivity index (χ4v) is 5.72. The average Bonchev–Trinajstić information content (AvgIpc) is 3.42. The zero-order valence-corrected chi connectivity index (χ0v) is 17.9. The first-order chi connectivity index (χ1) is 14.1. The largest absolute Gasteiger partial charge is 0.416 e. The third-order valence-electron chi connectivity index (χ3n) is 4.98. The topological polar surface area (TPSA) is 64.0 Å². The van der Waals surface area contributed by atoms with Crippen LogP contribution in [0, 0.1) is 0 Å². The summed E-state index contributed by atoms with van der Waals surface area (Å²) in [5.74, 6) is 0. The number of rotatable bonds is 5. The summed E-state index contributed by atoms with van der Waals surface area (Å²) in [6, 6.07) is 6.14. The summed E-state index contributed by atoms with van der Waals surface area (Å²) in [7, 11) is -4.24. The van der Waals surface area contributed by atoms with Gasteiger partial charge in [0.1, 0.15) is 10.6 Å². The molecule has 0 bridgehead atoms. The summed E-state index contributed by atoms with van der Waals surface area (Å²) in [5.41, 5.74) is -1.06. The first-order valence-electron chi connectivity index (χ1n) is 9.18. The maximum Gasteiger partial charge on any atom is 0.416 e. The second-order valence-corrected chi connectivity index (χ2v) is 10.0. The molecule has 0 saturated heterocycles. The molecule has 11 heteroatoms. The number of hydrogen-bond donors (Lipinski definition) is 1. The minimum Gasteiger partial charge on any atom is -0.278 e. The molecule has 160 valence electrons. The van der Waals surface area contributed by atoms with Crippen LogP contribution in [0.5, 0.6) is 0 Å². The van der Waals surface area contributed by atoms with Gasteiger partial charge in [-0.05, 0) is 42.5 Å². The molecule has 1 fully saturated rings. The Hall–Kier alpha value is -2.04. The monoisotopic (exact) mass is 475 g/mol. The maximum atomic E-state index is 13.2. The lowest BCUT2D eigenvalue weighted by Crippen LogP contribution is -2.15. The average molecular weight is 476 g/mol. The molecule has 3 aromatic rings. The zero-order valence-electron chi connectivity index (χ0n) is 15.5. The van der Waals surface area contributed by atoms with E-state index in [0.717, 1.165) is 37.8 Å². The van der Waals surface area contributed by atoms with E-state index in [1.165, 1.54) is 17.5 Å². The third-order valence-corrected chi connectivity index (χ3v) is 7.55. The van der Waals surface area contributed by atoms with E-state index in [0.29, 0.717) is 10.9 Å². The standard InChI is InChI=1S/C19H17ClF3N3O2S2/c20-14-8-7-12(19(21,22)23)10-15(14)25-30(27,28)17-11-26(13-4-1-2-5-13)24-18(17)16-6-3-9-29-16/h3,6-11,13,25H,1-2,4-5H2. The van der Waals surface area contributed by atoms with Crippen LogP contribution in [0.3, 0.4) is 0 Å². The van der Waals surface area contributed by atoms with Crippen LogP contribution in [0.1, 0.15) is 37.3 Å². The Morgan fingerprint density at radius 1 is 1.20 bits per heavy atom. The number of thiophene rings is 1. The second kappa shape index (κ2) is 7.90. The van der Waals surface area contributed by atoms with Gasteiger partial charge in [-0.2, -0.15) is 18.3 Å². The van der Waals surface area contributed by atoms with Crippen molar-refractivity contribution in [3.05, 3.63) is 52.5 Å². The Morgan fingerprint density at radius 2 is 1.93 bits per heavy atom. The summed E-state index contributed by atoms with van der Waals surface area (Å²) in [6.45, 7) is 0. The minimum atomic E-state index is -4.62. The zero-order chi connectivity index (χ0) is 21.5. The highest BCUT2D eigenvalue weighted by Gasteiger charge is 2.32. The molecular formula is C19H17ClF3N3O2S2. The number of nitrogens with one attached hydrogen (secondary N) is 1. The first-order valence-corrected chi connectivity index (χ1v) is 11.9. The summed E-state index contributed by atoms with van der Waals surface area (Å²) in [5, 5.41) is 6.19. The van der Waals surface area contributed by atoms with Gasteiger partial charge in [0.15, 0.2) is 0 Å². The van der Waals surface area contributed by atoms with Crippen LogP contribution in [0.4, 0.5) is 18.9 Å². The van der Waals surface area contributed by atoms with Gasteiger partial charge in [-0.3, -0.25) is 9.40 Å². The van der Waals surface area contributed by atoms with Gasteiger partial charge < -0.3 is 0 Å². The van der Waals surface area contributed by atoms with Crippen LogP contribution in [-0.4, -0.2) is 18.2 Å². The van der Waals surface area contributed by atoms with Crippen molar-refractivity contribution >= 4 is 38.6 Å². The first kappa shape index (κ1) is 21.2. The molecule has 0 amide bonds. The second-order valence-electron chi connectivity index (χ2n) is 7.04. The van der Waals surface area contributed by atoms with E-state index in [2.05, 4.69) is 9.82 Å². The number of aromatic nitrogens is 2. The van der Waals surface area contributed by atoms with Gasteiger partial charge in [0, 0.05) is 6.20 Å². The fraction of sp³-hybridized carbons (Fsp3) is 0.316. The number of anilines is 1. The third kappa shape index (κ3) is 4.21. The minimum absolute atomic E-state index is 0.0923. The van der Waals surface area contributed by atoms with E-state index in [4.69, 9.17) is 11.6 Å². The lowest BCUT2D eigenvalue weighted by molar-refractivity contribution is -0.137. The molecule has 30 heavy (non-hydrogen) atoms. The van der Waals surface area contributed by atoms with Crippen molar-refractivity contribution in [2.24, 2.45) is 0 Å². The smallest absolute Gasteiger partial charge is 0.278 e. The molecule has 1 aliphatic carbocycles. The van der Waals surface area contributed by atoms with Gasteiger partial charge in [-0.1, -0.05) is 30.5 Å². The van der Waals surface area contributed by atoms with E-state index in [-0.39, 0.29) is 27.3 Å². The van der Waals surface area contributed by atoms with E-state index < -0.39 is 21.8 Å². The number of halogens is 4. The van der Waals surface area contributed by atoms with Gasteiger partial charge in [-0.15, -0.1) is 11.3 Å². The lowest BCUT2D eigenvalue weighted by atomic mass is 10.2. The summed E-state index contributed by atoms with van der Waals surface area (Å²) >= 11 is 7.31. The number of hydrogen-bond acceptors (Lipinski definition) is 4. The number of sulfonamides is 1. The van der Waals surface area contributed by atoms with Crippen LogP contribution in [0.25, 0.3) is 10.6 Å². The Labute approximate surface area is 180 Å². The van der Waals surface area contributed by atoms with Crippen LogP contribution in [0.15, 0.2) is 46.8 Å². The highest BCUT2D eigenvalue weighted by molar-refractivity contribution is 7.92. The number of nitrogens with zero attached hydrogens (tertiary/aromatic N) is 2. The van der Waals surface area contributed by atoms with Gasteiger partial charge >= 0.3 is 6.18 Å². The Bertz CT molecular complexity index is 1150. The molecule has 1 aliphatic rings. The van der Waals surface area contributed by atoms with Crippen molar-refractivity contribution in [2.75, 3.05) is 4.72 Å². The van der Waals surface area contributed by atoms with Crippen LogP contribution in [-0.2, 0) is 16.2 Å². The summed E-state index contributed by atoms with van der Waals surface area (Å²) in [6.07, 6.45) is 0.711. The van der Waals surface area contributed by atoms with Crippen molar-refractivity contribution < 1.29 is 21.6 Å². The van der Waals surface area contributed by atoms with Crippen molar-refractivity contribution in [3.63, 3.8) is 0 Å². The van der Waals surface area contributed by atoms with E-state index in [1.54, 1.807) is 22.2 Å². The van der Waals surface area contributed by atoms with Gasteiger partial charge in [0.25, 0.3) is 10.0 Å². The number of alkyl halides is 3. The van der Waals surface area contributed by atoms with Crippen molar-refractivity contribution in [1.82, 2.24) is 9.78 Å². The lowest BCUT2D eigenvalue weighted by Gasteiger charge is -2.13. The van der Waals surface area contributed by atoms with Gasteiger partial charge in [0.2, 0.25) is 0 Å². The molecular weight excluding hydrogens is 459 g/mol. The van der Waals surface area contributed by atoms with Gasteiger partial charge in [-0.25, -0.2) is 8.42 Å². The Morgan fingerprint density at radius 3 is 2.57 bits per heavy atom. The normalized spacial score (nSPS) is 15.6. The number of benzene rings is 1. The molecule has 0 radical (unpaired) electrons. The summed E-state index contributed by atoms with van der Waals surface area (Å²) < 4.78 is 69.3. The molecule has 1 aromatic carbocycles. The van der Waals surface area contributed by atoms with Crippen LogP contribution >= 0.6 is 22.9 Å². The molecule has 0 unspecified atom stereocenters. The molecule has 0 aliphatic heterocycles. The van der Waals surface area contributed by atoms with Crippen molar-refractivity contribution in [1.29, 1.82) is 0 Å². The molecule has 1 saturated carbocycles. The molecule has 5 nitrogen and oxygen atoms in total. The maximum absolute atomic E-state index is 13.2. The predicted octanol–water partition coefficient (Wildman–Crippen LogP) is 6.20. The Balaban J connectivity index is 1.76. The highest BCUT2D eigenvalue weighted by atomic mass is 35.5. The molecule has 1 N–H and O–H groups in total. The Kier molecular flexibility index (Phi) is 5.58. The van der Waals surface area contributed by atoms with Gasteiger partial charge in [0.05, 0.1) is 27.2 Å². The molecule has 2 heterocycles. The summed E-state index contributed by atoms with van der Waals surface area (Å²) in [4.78, 5) is 0.563. The molecule has 0 spiro atoms. The predicted molar refractivity (Wildman–Crippen MR) is 110 cm³/mol. The fourth-order valence-electron chi connectivity index (χ4n) is 3.49. The molecule has 0 atom stereocenters. The van der Waals surface area contributed by atoms with Crippen LogP contribution < -0.4 is 4.72 Å². The highest BCUT2D eigenvalue weighted by Crippen LogP contribution is 2.37. The van der Waals surface area contributed by atoms with E-state index in [1.807, 2.05) is 0 Å². The van der Waals surface area contributed by atoms with E-state index >= 15 is 0 Å². The quantitative estimate of drug-likeness (QED) is 0.478. The van der Waals surface area contributed by atoms with Crippen LogP contribution in [0.2, 0.25) is 5.02 Å². The molecule has 2 aromatic heterocycles. The van der Waals surface area contributed by atoms with Crippen molar-refractivity contribution in [3.8, 4) is 10.6 Å². The molecule has 4 rings (SSSR count).